The molecule has 2 aliphatic rings. The molecule has 0 bridgehead atoms. The highest BCUT2D eigenvalue weighted by Crippen LogP contribution is 2.31. The van der Waals surface area contributed by atoms with Crippen LogP contribution in [0.25, 0.3) is 0 Å². The molecular weight excluding hydrogens is 569 g/mol. The number of rotatable bonds is 7. The SMILES string of the molecule is C=C1C(Br)=CC=CN1/C(C(=O)NCc1ccc(N2CCN(c3ccc(C(F)(F)F)cc3)CC2)cc1)=C(\C)CC. The zero-order valence-electron chi connectivity index (χ0n) is 22.1. The summed E-state index contributed by atoms with van der Waals surface area (Å²) in [5, 5.41) is 3.04. The summed E-state index contributed by atoms with van der Waals surface area (Å²) >= 11 is 3.49. The number of carbonyl (C=O) groups is 1. The van der Waals surface area contributed by atoms with Crippen LogP contribution in [-0.4, -0.2) is 37.0 Å². The molecule has 2 aliphatic heterocycles. The number of halogens is 4. The maximum absolute atomic E-state index is 13.2. The second-order valence-corrected chi connectivity index (χ2v) is 10.4. The van der Waals surface area contributed by atoms with Gasteiger partial charge in [-0.3, -0.25) is 4.79 Å². The minimum absolute atomic E-state index is 0.161. The van der Waals surface area contributed by atoms with E-state index < -0.39 is 11.7 Å². The molecule has 206 valence electrons. The molecule has 1 saturated heterocycles. The maximum Gasteiger partial charge on any atom is 0.416 e. The van der Waals surface area contributed by atoms with Gasteiger partial charge in [0.05, 0.1) is 11.3 Å². The van der Waals surface area contributed by atoms with Crippen molar-refractivity contribution in [3.8, 4) is 0 Å². The Morgan fingerprint density at radius 3 is 2.03 bits per heavy atom. The average Bonchev–Trinajstić information content (AvgIpc) is 2.94. The number of benzene rings is 2. The second kappa shape index (κ2) is 12.2. The average molecular weight is 602 g/mol. The molecule has 9 heteroatoms. The van der Waals surface area contributed by atoms with Gasteiger partial charge in [0.1, 0.15) is 5.70 Å². The lowest BCUT2D eigenvalue weighted by Gasteiger charge is -2.37. The van der Waals surface area contributed by atoms with E-state index in [-0.39, 0.29) is 5.91 Å². The normalized spacial score (nSPS) is 16.7. The van der Waals surface area contributed by atoms with Crippen LogP contribution < -0.4 is 15.1 Å². The second-order valence-electron chi connectivity index (χ2n) is 9.52. The number of piperazine rings is 1. The van der Waals surface area contributed by atoms with E-state index in [4.69, 9.17) is 0 Å². The Bertz CT molecular complexity index is 1290. The van der Waals surface area contributed by atoms with Crippen LogP contribution in [0.2, 0.25) is 0 Å². The number of allylic oxidation sites excluding steroid dienone is 4. The van der Waals surface area contributed by atoms with Gasteiger partial charge in [-0.05, 0) is 89.0 Å². The largest absolute Gasteiger partial charge is 0.416 e. The molecule has 2 heterocycles. The Morgan fingerprint density at radius 2 is 1.51 bits per heavy atom. The van der Waals surface area contributed by atoms with Crippen LogP contribution in [-0.2, 0) is 17.5 Å². The van der Waals surface area contributed by atoms with E-state index in [0.29, 0.717) is 17.9 Å². The zero-order valence-corrected chi connectivity index (χ0v) is 23.6. The molecule has 0 aliphatic carbocycles. The van der Waals surface area contributed by atoms with Crippen molar-refractivity contribution in [3.63, 3.8) is 0 Å². The van der Waals surface area contributed by atoms with E-state index in [1.165, 1.54) is 12.1 Å². The van der Waals surface area contributed by atoms with E-state index in [9.17, 15) is 18.0 Å². The quantitative estimate of drug-likeness (QED) is 0.349. The Kier molecular flexibility index (Phi) is 8.90. The monoisotopic (exact) mass is 600 g/mol. The van der Waals surface area contributed by atoms with E-state index in [2.05, 4.69) is 37.6 Å². The minimum Gasteiger partial charge on any atom is -0.368 e. The van der Waals surface area contributed by atoms with Crippen LogP contribution in [0.15, 0.2) is 94.9 Å². The van der Waals surface area contributed by atoms with Crippen molar-refractivity contribution < 1.29 is 18.0 Å². The van der Waals surface area contributed by atoms with Crippen LogP contribution >= 0.6 is 15.9 Å². The number of anilines is 2. The minimum atomic E-state index is -4.32. The van der Waals surface area contributed by atoms with Crippen LogP contribution in [0.3, 0.4) is 0 Å². The third kappa shape index (κ3) is 6.76. The maximum atomic E-state index is 13.2. The number of amides is 1. The Balaban J connectivity index is 1.33. The predicted octanol–water partition coefficient (Wildman–Crippen LogP) is 6.95. The third-order valence-electron chi connectivity index (χ3n) is 7.03. The van der Waals surface area contributed by atoms with E-state index in [1.807, 2.05) is 61.4 Å². The van der Waals surface area contributed by atoms with Gasteiger partial charge in [0, 0.05) is 54.8 Å². The lowest BCUT2D eigenvalue weighted by Crippen LogP contribution is -2.46. The summed E-state index contributed by atoms with van der Waals surface area (Å²) in [6.07, 6.45) is 2.02. The fourth-order valence-corrected chi connectivity index (χ4v) is 4.92. The first kappa shape index (κ1) is 28.5. The van der Waals surface area contributed by atoms with Gasteiger partial charge in [-0.1, -0.05) is 25.6 Å². The van der Waals surface area contributed by atoms with Crippen LogP contribution in [0.5, 0.6) is 0 Å². The molecule has 2 aromatic carbocycles. The lowest BCUT2D eigenvalue weighted by molar-refractivity contribution is -0.137. The molecule has 5 nitrogen and oxygen atoms in total. The molecule has 0 saturated carbocycles. The number of nitrogens with zero attached hydrogens (tertiary/aromatic N) is 3. The highest BCUT2D eigenvalue weighted by atomic mass is 79.9. The van der Waals surface area contributed by atoms with Gasteiger partial charge in [0.15, 0.2) is 0 Å². The van der Waals surface area contributed by atoms with Crippen molar-refractivity contribution in [3.05, 3.63) is 106 Å². The summed E-state index contributed by atoms with van der Waals surface area (Å²) in [6.45, 7) is 11.4. The molecule has 1 amide bonds. The predicted molar refractivity (Wildman–Crippen MR) is 154 cm³/mol. The molecule has 39 heavy (non-hydrogen) atoms. The summed E-state index contributed by atoms with van der Waals surface area (Å²) in [5.74, 6) is -0.161. The van der Waals surface area contributed by atoms with Crippen molar-refractivity contribution in [1.82, 2.24) is 10.2 Å². The molecular formula is C30H32BrF3N4O. The highest BCUT2D eigenvalue weighted by Gasteiger charge is 2.30. The first-order valence-corrected chi connectivity index (χ1v) is 13.6. The molecule has 0 atom stereocenters. The van der Waals surface area contributed by atoms with Crippen molar-refractivity contribution in [2.45, 2.75) is 33.0 Å². The standard InChI is InChI=1S/C30H32BrF3N4O/c1-4-21(2)28(38-15-5-6-27(31)22(38)3)29(39)35-20-23-7-11-25(12-8-23)36-16-18-37(19-17-36)26-13-9-24(10-14-26)30(32,33)34/h5-15H,3-4,16-20H2,1-2H3,(H,35,39)/b28-21+. The Hall–Kier alpha value is -3.46. The molecule has 0 unspecified atom stereocenters. The molecule has 4 rings (SSSR count). The van der Waals surface area contributed by atoms with Gasteiger partial charge in [0.2, 0.25) is 0 Å². The van der Waals surface area contributed by atoms with Gasteiger partial charge >= 0.3 is 6.18 Å². The summed E-state index contributed by atoms with van der Waals surface area (Å²) in [7, 11) is 0. The van der Waals surface area contributed by atoms with E-state index in [1.54, 1.807) is 0 Å². The van der Waals surface area contributed by atoms with Gasteiger partial charge in [-0.25, -0.2) is 0 Å². The molecule has 0 aromatic heterocycles. The number of hydrogen-bond acceptors (Lipinski definition) is 4. The van der Waals surface area contributed by atoms with E-state index in [0.717, 1.165) is 71.7 Å². The smallest absolute Gasteiger partial charge is 0.368 e. The van der Waals surface area contributed by atoms with Crippen LogP contribution in [0, 0.1) is 0 Å². The van der Waals surface area contributed by atoms with E-state index >= 15 is 0 Å². The van der Waals surface area contributed by atoms with Crippen molar-refractivity contribution in [2.75, 3.05) is 36.0 Å². The summed E-state index contributed by atoms with van der Waals surface area (Å²) in [6, 6.07) is 13.4. The molecule has 0 spiro atoms. The third-order valence-corrected chi connectivity index (χ3v) is 7.75. The van der Waals surface area contributed by atoms with Gasteiger partial charge in [-0.2, -0.15) is 13.2 Å². The van der Waals surface area contributed by atoms with Crippen LogP contribution in [0.4, 0.5) is 24.5 Å². The first-order chi connectivity index (χ1) is 18.6. The van der Waals surface area contributed by atoms with Crippen molar-refractivity contribution in [1.29, 1.82) is 0 Å². The molecule has 1 N–H and O–H groups in total. The number of alkyl halides is 3. The topological polar surface area (TPSA) is 38.8 Å². The molecule has 1 fully saturated rings. The van der Waals surface area contributed by atoms with Gasteiger partial charge in [-0.15, -0.1) is 0 Å². The van der Waals surface area contributed by atoms with Crippen LogP contribution in [0.1, 0.15) is 31.4 Å². The van der Waals surface area contributed by atoms with Gasteiger partial charge < -0.3 is 20.0 Å². The summed E-state index contributed by atoms with van der Waals surface area (Å²) in [5.41, 5.74) is 4.47. The zero-order chi connectivity index (χ0) is 28.2. The first-order valence-electron chi connectivity index (χ1n) is 12.8. The van der Waals surface area contributed by atoms with Crippen molar-refractivity contribution in [2.24, 2.45) is 0 Å². The number of carbonyl (C=O) groups excluding carboxylic acids is 1. The molecule has 2 aromatic rings. The molecule has 0 radical (unpaired) electrons. The summed E-state index contributed by atoms with van der Waals surface area (Å²) in [4.78, 5) is 19.4. The number of hydrogen-bond donors (Lipinski definition) is 1. The fraction of sp³-hybridized carbons (Fsp3) is 0.300. The number of nitrogens with one attached hydrogen (secondary N) is 1. The Labute approximate surface area is 236 Å². The van der Waals surface area contributed by atoms with Gasteiger partial charge in [0.25, 0.3) is 5.91 Å². The lowest BCUT2D eigenvalue weighted by atomic mass is 10.1. The summed E-state index contributed by atoms with van der Waals surface area (Å²) < 4.78 is 39.4. The van der Waals surface area contributed by atoms with Crippen molar-refractivity contribution >= 4 is 33.2 Å². The highest BCUT2D eigenvalue weighted by molar-refractivity contribution is 9.12. The Morgan fingerprint density at radius 1 is 0.974 bits per heavy atom. The fourth-order valence-electron chi connectivity index (χ4n) is 4.58.